The lowest BCUT2D eigenvalue weighted by molar-refractivity contribution is 0.271. The first-order valence-electron chi connectivity index (χ1n) is 7.29. The van der Waals surface area contributed by atoms with Crippen molar-refractivity contribution >= 4 is 11.8 Å². The van der Waals surface area contributed by atoms with Gasteiger partial charge in [0.05, 0.1) is 11.1 Å². The van der Waals surface area contributed by atoms with Crippen LogP contribution in [0, 0.1) is 0 Å². The van der Waals surface area contributed by atoms with Crippen molar-refractivity contribution in [2.75, 3.05) is 13.2 Å². The van der Waals surface area contributed by atoms with Gasteiger partial charge in [0, 0.05) is 12.8 Å². The zero-order chi connectivity index (χ0) is 13.9. The Morgan fingerprint density at radius 2 is 1.21 bits per heavy atom. The molecule has 2 rings (SSSR count). The summed E-state index contributed by atoms with van der Waals surface area (Å²) in [6.07, 6.45) is 5.35. The van der Waals surface area contributed by atoms with Crippen molar-refractivity contribution in [1.82, 2.24) is 0 Å². The summed E-state index contributed by atoms with van der Waals surface area (Å²) >= 11 is 0. The number of aliphatic imine (C=N–C) groups is 2. The van der Waals surface area contributed by atoms with Crippen molar-refractivity contribution in [2.24, 2.45) is 9.98 Å². The number of ether oxygens (including phenoxy) is 2. The van der Waals surface area contributed by atoms with E-state index < -0.39 is 0 Å². The molecular formula is C15H26N2O2. The van der Waals surface area contributed by atoms with Crippen LogP contribution in [0.25, 0.3) is 0 Å². The average Bonchev–Trinajstić information content (AvgIpc) is 2.81. The summed E-state index contributed by atoms with van der Waals surface area (Å²) in [4.78, 5) is 9.12. The van der Waals surface area contributed by atoms with E-state index in [9.17, 15) is 0 Å². The lowest BCUT2D eigenvalue weighted by Gasteiger charge is -2.07. The van der Waals surface area contributed by atoms with Crippen LogP contribution >= 0.6 is 0 Å². The Morgan fingerprint density at radius 3 is 1.53 bits per heavy atom. The molecule has 0 aromatic heterocycles. The molecule has 0 unspecified atom stereocenters. The van der Waals surface area contributed by atoms with Gasteiger partial charge in [0.2, 0.25) is 0 Å². The molecule has 0 saturated heterocycles. The van der Waals surface area contributed by atoms with Gasteiger partial charge >= 0.3 is 0 Å². The Kier molecular flexibility index (Phi) is 4.16. The number of nitrogens with zero attached hydrogens (tertiary/aromatic N) is 2. The van der Waals surface area contributed by atoms with Crippen LogP contribution in [0.1, 0.15) is 59.8 Å². The third-order valence-electron chi connectivity index (χ3n) is 3.32. The predicted molar refractivity (Wildman–Crippen MR) is 78.0 cm³/mol. The summed E-state index contributed by atoms with van der Waals surface area (Å²) < 4.78 is 11.2. The third-order valence-corrected chi connectivity index (χ3v) is 3.32. The second-order valence-corrected chi connectivity index (χ2v) is 6.77. The van der Waals surface area contributed by atoms with Gasteiger partial charge < -0.3 is 9.47 Å². The van der Waals surface area contributed by atoms with Crippen LogP contribution in [0.4, 0.5) is 0 Å². The van der Waals surface area contributed by atoms with Gasteiger partial charge in [0.25, 0.3) is 0 Å². The van der Waals surface area contributed by atoms with Gasteiger partial charge in [-0.3, -0.25) is 0 Å². The van der Waals surface area contributed by atoms with Crippen LogP contribution in [0.15, 0.2) is 9.98 Å². The molecule has 0 aromatic rings. The summed E-state index contributed by atoms with van der Waals surface area (Å²) in [5.41, 5.74) is -0.0410. The zero-order valence-corrected chi connectivity index (χ0v) is 12.7. The minimum Gasteiger partial charge on any atom is -0.478 e. The topological polar surface area (TPSA) is 43.2 Å². The van der Waals surface area contributed by atoms with E-state index in [1.54, 1.807) is 0 Å². The Hall–Kier alpha value is -1.06. The van der Waals surface area contributed by atoms with Crippen LogP contribution in [0.5, 0.6) is 0 Å². The van der Waals surface area contributed by atoms with E-state index in [1.165, 1.54) is 6.42 Å². The molecule has 0 saturated carbocycles. The molecule has 4 nitrogen and oxygen atoms in total. The van der Waals surface area contributed by atoms with E-state index in [1.807, 2.05) is 0 Å². The summed E-state index contributed by atoms with van der Waals surface area (Å²) in [6.45, 7) is 9.88. The predicted octanol–water partition coefficient (Wildman–Crippen LogP) is 3.35. The molecule has 0 N–H and O–H groups in total. The summed E-state index contributed by atoms with van der Waals surface area (Å²) in [6, 6.07) is 0. The fourth-order valence-electron chi connectivity index (χ4n) is 2.31. The molecular weight excluding hydrogens is 240 g/mol. The molecule has 0 aliphatic carbocycles. The highest BCUT2D eigenvalue weighted by Crippen LogP contribution is 2.21. The number of rotatable bonds is 6. The lowest BCUT2D eigenvalue weighted by atomic mass is 10.1. The molecule has 0 atom stereocenters. The number of hydrogen-bond donors (Lipinski definition) is 0. The smallest absolute Gasteiger partial charge is 0.183 e. The highest BCUT2D eigenvalue weighted by atomic mass is 16.5. The monoisotopic (exact) mass is 266 g/mol. The Labute approximate surface area is 116 Å². The molecule has 0 radical (unpaired) electrons. The van der Waals surface area contributed by atoms with E-state index in [0.717, 1.165) is 50.7 Å². The Bertz CT molecular complexity index is 348. The van der Waals surface area contributed by atoms with Crippen molar-refractivity contribution in [3.05, 3.63) is 0 Å². The fourth-order valence-corrected chi connectivity index (χ4v) is 2.31. The van der Waals surface area contributed by atoms with Crippen molar-refractivity contribution in [3.8, 4) is 0 Å². The Morgan fingerprint density at radius 1 is 0.789 bits per heavy atom. The van der Waals surface area contributed by atoms with Crippen LogP contribution in [0.2, 0.25) is 0 Å². The minimum absolute atomic E-state index is 0.0205. The molecule has 0 spiro atoms. The minimum atomic E-state index is -0.0205. The molecule has 108 valence electrons. The highest BCUT2D eigenvalue weighted by Gasteiger charge is 2.26. The summed E-state index contributed by atoms with van der Waals surface area (Å²) in [5.74, 6) is 1.86. The molecule has 0 bridgehead atoms. The van der Waals surface area contributed by atoms with Gasteiger partial charge in [-0.15, -0.1) is 0 Å². The second-order valence-electron chi connectivity index (χ2n) is 6.77. The van der Waals surface area contributed by atoms with Gasteiger partial charge in [0.1, 0.15) is 13.2 Å². The first-order valence-corrected chi connectivity index (χ1v) is 7.29. The Balaban J connectivity index is 1.59. The molecule has 4 heteroatoms. The maximum Gasteiger partial charge on any atom is 0.183 e. The normalized spacial score (nSPS) is 23.6. The second kappa shape index (κ2) is 5.51. The SMILES string of the molecule is CC1(C)COC(CCCCCC2=NC(C)(C)CO2)=N1. The first kappa shape index (κ1) is 14.4. The molecule has 0 fully saturated rings. The van der Waals surface area contributed by atoms with Crippen molar-refractivity contribution in [1.29, 1.82) is 0 Å². The van der Waals surface area contributed by atoms with Gasteiger partial charge in [-0.1, -0.05) is 6.42 Å². The third kappa shape index (κ3) is 4.51. The van der Waals surface area contributed by atoms with Gasteiger partial charge in [0.15, 0.2) is 11.8 Å². The largest absolute Gasteiger partial charge is 0.478 e. The maximum atomic E-state index is 5.58. The van der Waals surface area contributed by atoms with Gasteiger partial charge in [-0.05, 0) is 40.5 Å². The van der Waals surface area contributed by atoms with Crippen molar-refractivity contribution in [3.63, 3.8) is 0 Å². The summed E-state index contributed by atoms with van der Waals surface area (Å²) in [5, 5.41) is 0. The van der Waals surface area contributed by atoms with E-state index >= 15 is 0 Å². The molecule has 2 aliphatic heterocycles. The number of unbranched alkanes of at least 4 members (excludes halogenated alkanes) is 2. The standard InChI is InChI=1S/C15H26N2O2/c1-14(2)10-18-12(16-14)8-6-5-7-9-13-17-15(3,4)11-19-13/h5-11H2,1-4H3. The highest BCUT2D eigenvalue weighted by molar-refractivity contribution is 5.78. The van der Waals surface area contributed by atoms with Gasteiger partial charge in [-0.25, -0.2) is 9.98 Å². The van der Waals surface area contributed by atoms with Crippen LogP contribution in [-0.4, -0.2) is 36.1 Å². The molecule has 2 heterocycles. The maximum absolute atomic E-state index is 5.58. The van der Waals surface area contributed by atoms with E-state index in [-0.39, 0.29) is 11.1 Å². The number of hydrogen-bond acceptors (Lipinski definition) is 4. The molecule has 0 aromatic carbocycles. The van der Waals surface area contributed by atoms with E-state index in [4.69, 9.17) is 9.47 Å². The average molecular weight is 266 g/mol. The van der Waals surface area contributed by atoms with Gasteiger partial charge in [-0.2, -0.15) is 0 Å². The summed E-state index contributed by atoms with van der Waals surface area (Å²) in [7, 11) is 0. The van der Waals surface area contributed by atoms with Crippen LogP contribution < -0.4 is 0 Å². The molecule has 0 amide bonds. The zero-order valence-electron chi connectivity index (χ0n) is 12.7. The van der Waals surface area contributed by atoms with Crippen LogP contribution in [-0.2, 0) is 9.47 Å². The van der Waals surface area contributed by atoms with Crippen molar-refractivity contribution in [2.45, 2.75) is 70.9 Å². The fraction of sp³-hybridized carbons (Fsp3) is 0.867. The van der Waals surface area contributed by atoms with E-state index in [0.29, 0.717) is 0 Å². The van der Waals surface area contributed by atoms with Crippen LogP contribution in [0.3, 0.4) is 0 Å². The van der Waals surface area contributed by atoms with Crippen molar-refractivity contribution < 1.29 is 9.47 Å². The molecule has 2 aliphatic rings. The molecule has 19 heavy (non-hydrogen) atoms. The first-order chi connectivity index (χ1) is 8.86. The quantitative estimate of drug-likeness (QED) is 0.692. The van der Waals surface area contributed by atoms with E-state index in [2.05, 4.69) is 37.7 Å². The lowest BCUT2D eigenvalue weighted by Crippen LogP contribution is -2.17.